The highest BCUT2D eigenvalue weighted by atomic mass is 16.4. The molecule has 0 aromatic carbocycles. The SMILES string of the molecule is CC(=O)O.CCCCCC.[CH2]C. The maximum Gasteiger partial charge on any atom is 0.300 e. The summed E-state index contributed by atoms with van der Waals surface area (Å²) >= 11 is 0. The lowest BCUT2D eigenvalue weighted by Crippen LogP contribution is -1.78. The van der Waals surface area contributed by atoms with Gasteiger partial charge in [-0.05, 0) is 0 Å². The van der Waals surface area contributed by atoms with Gasteiger partial charge in [-0.1, -0.05) is 53.4 Å². The lowest BCUT2D eigenvalue weighted by atomic mass is 10.2. The summed E-state index contributed by atoms with van der Waals surface area (Å²) in [5.41, 5.74) is 0. The summed E-state index contributed by atoms with van der Waals surface area (Å²) in [4.78, 5) is 9.00. The lowest BCUT2D eigenvalue weighted by Gasteiger charge is -1.86. The molecule has 0 bridgehead atoms. The molecule has 0 atom stereocenters. The van der Waals surface area contributed by atoms with E-state index in [1.165, 1.54) is 25.7 Å². The first kappa shape index (κ1) is 17.5. The van der Waals surface area contributed by atoms with Crippen molar-refractivity contribution in [2.45, 2.75) is 53.4 Å². The molecule has 0 aliphatic rings. The summed E-state index contributed by atoms with van der Waals surface area (Å²) in [6, 6.07) is 0. The van der Waals surface area contributed by atoms with Gasteiger partial charge in [-0.2, -0.15) is 0 Å². The molecule has 12 heavy (non-hydrogen) atoms. The third-order valence-corrected chi connectivity index (χ3v) is 0.957. The van der Waals surface area contributed by atoms with Crippen molar-refractivity contribution in [1.82, 2.24) is 0 Å². The number of hydrogen-bond donors (Lipinski definition) is 1. The van der Waals surface area contributed by atoms with E-state index in [0.717, 1.165) is 6.92 Å². The Hall–Kier alpha value is -0.530. The predicted octanol–water partition coefficient (Wildman–Crippen LogP) is 3.52. The molecule has 0 heterocycles. The Balaban J connectivity index is -0.000000118. The van der Waals surface area contributed by atoms with Crippen LogP contribution in [0.4, 0.5) is 0 Å². The molecule has 0 aromatic heterocycles. The average Bonchev–Trinajstić information content (AvgIpc) is 2.04. The zero-order chi connectivity index (χ0) is 10.4. The molecule has 2 nitrogen and oxygen atoms in total. The summed E-state index contributed by atoms with van der Waals surface area (Å²) in [5.74, 6) is -0.833. The van der Waals surface area contributed by atoms with Gasteiger partial charge in [0, 0.05) is 6.92 Å². The molecule has 0 rings (SSSR count). The molecule has 0 spiro atoms. The summed E-state index contributed by atoms with van der Waals surface area (Å²) in [6.45, 7) is 10.5. The van der Waals surface area contributed by atoms with Crippen molar-refractivity contribution < 1.29 is 9.90 Å². The van der Waals surface area contributed by atoms with Crippen LogP contribution in [0.1, 0.15) is 53.4 Å². The second-order valence-corrected chi connectivity index (χ2v) is 2.23. The van der Waals surface area contributed by atoms with Crippen LogP contribution in [0, 0.1) is 6.92 Å². The zero-order valence-electron chi connectivity index (χ0n) is 8.89. The molecule has 0 aliphatic carbocycles. The van der Waals surface area contributed by atoms with Gasteiger partial charge in [0.15, 0.2) is 0 Å². The molecule has 0 saturated carbocycles. The van der Waals surface area contributed by atoms with Gasteiger partial charge >= 0.3 is 0 Å². The van der Waals surface area contributed by atoms with Crippen LogP contribution in [0.3, 0.4) is 0 Å². The fraction of sp³-hybridized carbons (Fsp3) is 0.800. The molecule has 75 valence electrons. The smallest absolute Gasteiger partial charge is 0.300 e. The number of hydrogen-bond acceptors (Lipinski definition) is 1. The van der Waals surface area contributed by atoms with E-state index in [1.807, 2.05) is 0 Å². The largest absolute Gasteiger partial charge is 0.481 e. The highest BCUT2D eigenvalue weighted by Crippen LogP contribution is 1.95. The number of rotatable bonds is 3. The maximum atomic E-state index is 9.00. The normalized spacial score (nSPS) is 7.08. The van der Waals surface area contributed by atoms with Gasteiger partial charge in [0.2, 0.25) is 0 Å². The van der Waals surface area contributed by atoms with Crippen molar-refractivity contribution in [2.24, 2.45) is 0 Å². The Labute approximate surface area is 77.0 Å². The minimum Gasteiger partial charge on any atom is -0.481 e. The Morgan fingerprint density at radius 1 is 1.17 bits per heavy atom. The third kappa shape index (κ3) is 111. The lowest BCUT2D eigenvalue weighted by molar-refractivity contribution is -0.134. The predicted molar refractivity (Wildman–Crippen MR) is 54.2 cm³/mol. The van der Waals surface area contributed by atoms with Gasteiger partial charge < -0.3 is 5.11 Å². The van der Waals surface area contributed by atoms with Crippen LogP contribution in [0.2, 0.25) is 0 Å². The minimum atomic E-state index is -0.833. The van der Waals surface area contributed by atoms with Crippen LogP contribution in [0.15, 0.2) is 0 Å². The van der Waals surface area contributed by atoms with Crippen molar-refractivity contribution in [1.29, 1.82) is 0 Å². The molecular weight excluding hydrogens is 152 g/mol. The van der Waals surface area contributed by atoms with E-state index in [2.05, 4.69) is 20.8 Å². The summed E-state index contributed by atoms with van der Waals surface area (Å²) in [6.07, 6.45) is 5.54. The van der Waals surface area contributed by atoms with Crippen molar-refractivity contribution in [3.8, 4) is 0 Å². The topological polar surface area (TPSA) is 37.3 Å². The van der Waals surface area contributed by atoms with E-state index in [0.29, 0.717) is 0 Å². The molecule has 0 unspecified atom stereocenters. The van der Waals surface area contributed by atoms with Gasteiger partial charge in [-0.15, -0.1) is 0 Å². The Kier molecular flexibility index (Phi) is 32.8. The third-order valence-electron chi connectivity index (χ3n) is 0.957. The average molecular weight is 175 g/mol. The van der Waals surface area contributed by atoms with Crippen molar-refractivity contribution >= 4 is 5.97 Å². The quantitative estimate of drug-likeness (QED) is 0.666. The molecule has 0 fully saturated rings. The number of carboxylic acid groups (broad SMARTS) is 1. The summed E-state index contributed by atoms with van der Waals surface area (Å²) in [7, 11) is 0. The second kappa shape index (κ2) is 22.4. The standard InChI is InChI=1S/C6H14.C2H4O2.C2H5/c1-3-5-6-4-2;1-2(3)4;1-2/h3-6H2,1-2H3;1H3,(H,3,4);1H2,2H3. The molecule has 2 heteroatoms. The summed E-state index contributed by atoms with van der Waals surface area (Å²) in [5, 5.41) is 7.42. The van der Waals surface area contributed by atoms with Crippen molar-refractivity contribution in [3.63, 3.8) is 0 Å². The van der Waals surface area contributed by atoms with E-state index in [-0.39, 0.29) is 0 Å². The Morgan fingerprint density at radius 3 is 1.42 bits per heavy atom. The van der Waals surface area contributed by atoms with E-state index in [4.69, 9.17) is 9.90 Å². The van der Waals surface area contributed by atoms with E-state index < -0.39 is 5.97 Å². The first-order valence-corrected chi connectivity index (χ1v) is 4.55. The van der Waals surface area contributed by atoms with Gasteiger partial charge in [0.1, 0.15) is 0 Å². The molecular formula is C10H23O2. The number of unbranched alkanes of at least 4 members (excludes halogenated alkanes) is 3. The fourth-order valence-corrected chi connectivity index (χ4v) is 0.500. The first-order valence-electron chi connectivity index (χ1n) is 4.55. The molecule has 0 aromatic rings. The first-order chi connectivity index (χ1) is 5.65. The second-order valence-electron chi connectivity index (χ2n) is 2.23. The van der Waals surface area contributed by atoms with Crippen LogP contribution < -0.4 is 0 Å². The molecule has 0 amide bonds. The monoisotopic (exact) mass is 175 g/mol. The number of aliphatic carboxylic acids is 1. The fourth-order valence-electron chi connectivity index (χ4n) is 0.500. The van der Waals surface area contributed by atoms with Crippen LogP contribution in [-0.4, -0.2) is 11.1 Å². The van der Waals surface area contributed by atoms with Crippen LogP contribution in [0.5, 0.6) is 0 Å². The van der Waals surface area contributed by atoms with Crippen LogP contribution in [-0.2, 0) is 4.79 Å². The number of carboxylic acids is 1. The minimum absolute atomic E-state index is 0.833. The Bertz CT molecular complexity index is 62.2. The highest BCUT2D eigenvalue weighted by Gasteiger charge is 1.75. The Morgan fingerprint density at radius 2 is 1.33 bits per heavy atom. The molecule has 1 radical (unpaired) electrons. The van der Waals surface area contributed by atoms with Gasteiger partial charge in [0.25, 0.3) is 5.97 Å². The van der Waals surface area contributed by atoms with Gasteiger partial charge in [-0.3, -0.25) is 4.79 Å². The van der Waals surface area contributed by atoms with Crippen LogP contribution >= 0.6 is 0 Å². The summed E-state index contributed by atoms with van der Waals surface area (Å²) < 4.78 is 0. The maximum absolute atomic E-state index is 9.00. The zero-order valence-corrected chi connectivity index (χ0v) is 8.89. The van der Waals surface area contributed by atoms with E-state index >= 15 is 0 Å². The van der Waals surface area contributed by atoms with E-state index in [1.54, 1.807) is 6.92 Å². The van der Waals surface area contributed by atoms with Gasteiger partial charge in [-0.25, -0.2) is 0 Å². The highest BCUT2D eigenvalue weighted by molar-refractivity contribution is 5.62. The van der Waals surface area contributed by atoms with Gasteiger partial charge in [0.05, 0.1) is 0 Å². The van der Waals surface area contributed by atoms with Crippen molar-refractivity contribution in [2.75, 3.05) is 0 Å². The molecule has 1 N–H and O–H groups in total. The number of carbonyl (C=O) groups is 1. The molecule has 0 saturated heterocycles. The van der Waals surface area contributed by atoms with E-state index in [9.17, 15) is 0 Å². The molecule has 0 aliphatic heterocycles. The van der Waals surface area contributed by atoms with Crippen LogP contribution in [0.25, 0.3) is 0 Å². The van der Waals surface area contributed by atoms with Crippen molar-refractivity contribution in [3.05, 3.63) is 6.92 Å².